The number of rotatable bonds is 3. The van der Waals surface area contributed by atoms with E-state index in [4.69, 9.17) is 0 Å². The highest BCUT2D eigenvalue weighted by atomic mass is 32.1. The van der Waals surface area contributed by atoms with Crippen molar-refractivity contribution in [1.82, 2.24) is 14.5 Å². The Morgan fingerprint density at radius 2 is 2.18 bits per heavy atom. The number of hydrogen-bond donors (Lipinski definition) is 1. The van der Waals surface area contributed by atoms with Gasteiger partial charge in [-0.15, -0.1) is 5.10 Å². The van der Waals surface area contributed by atoms with Gasteiger partial charge in [0.15, 0.2) is 0 Å². The number of carbonyl (C=O) groups is 1. The van der Waals surface area contributed by atoms with Crippen molar-refractivity contribution in [2.75, 3.05) is 13.6 Å². The van der Waals surface area contributed by atoms with Crippen LogP contribution in [0.5, 0.6) is 0 Å². The van der Waals surface area contributed by atoms with Crippen LogP contribution >= 0.6 is 11.5 Å². The number of hydrogen-bond acceptors (Lipinski definition) is 5. The highest BCUT2D eigenvalue weighted by Crippen LogP contribution is 2.30. The van der Waals surface area contributed by atoms with Gasteiger partial charge in [-0.25, -0.2) is 0 Å². The zero-order valence-corrected chi connectivity index (χ0v) is 11.0. The Kier molecular flexibility index (Phi) is 3.44. The number of nitrogens with zero attached hydrogens (tertiary/aromatic N) is 3. The summed E-state index contributed by atoms with van der Waals surface area (Å²) >= 11 is 1.11. The number of amides is 1. The summed E-state index contributed by atoms with van der Waals surface area (Å²) in [6, 6.07) is 0. The maximum absolute atomic E-state index is 12.1. The molecule has 94 valence electrons. The molecule has 5 nitrogen and oxygen atoms in total. The van der Waals surface area contributed by atoms with Gasteiger partial charge in [0.25, 0.3) is 5.91 Å². The molecule has 6 heteroatoms. The van der Waals surface area contributed by atoms with E-state index in [-0.39, 0.29) is 5.91 Å². The number of likely N-dealkylation sites (N-methyl/N-ethyl adjacent to an activating group) is 1. The van der Waals surface area contributed by atoms with Gasteiger partial charge in [0.2, 0.25) is 0 Å². The molecule has 1 aliphatic carbocycles. The first-order valence-corrected chi connectivity index (χ1v) is 6.56. The summed E-state index contributed by atoms with van der Waals surface area (Å²) in [5, 5.41) is 14.1. The van der Waals surface area contributed by atoms with Crippen molar-refractivity contribution in [3.8, 4) is 0 Å². The monoisotopic (exact) mass is 255 g/mol. The fourth-order valence-corrected chi connectivity index (χ4v) is 2.96. The Labute approximate surface area is 105 Å². The minimum atomic E-state index is -0.698. The summed E-state index contributed by atoms with van der Waals surface area (Å²) in [4.78, 5) is 14.2. The van der Waals surface area contributed by atoms with E-state index in [1.165, 1.54) is 0 Å². The van der Waals surface area contributed by atoms with Crippen LogP contribution in [0.25, 0.3) is 0 Å². The minimum Gasteiger partial charge on any atom is -0.388 e. The standard InChI is InChI=1S/C11H17N3O2S/c1-8-9(17-13-12-8)10(15)14(2)7-11(16)5-3-4-6-11/h16H,3-7H2,1-2H3. The Morgan fingerprint density at radius 3 is 2.71 bits per heavy atom. The summed E-state index contributed by atoms with van der Waals surface area (Å²) in [7, 11) is 1.72. The first-order chi connectivity index (χ1) is 8.02. The van der Waals surface area contributed by atoms with E-state index in [2.05, 4.69) is 9.59 Å². The summed E-state index contributed by atoms with van der Waals surface area (Å²) < 4.78 is 3.76. The molecule has 1 saturated carbocycles. The third kappa shape index (κ3) is 2.63. The van der Waals surface area contributed by atoms with Gasteiger partial charge in [-0.2, -0.15) is 0 Å². The average Bonchev–Trinajstić information content (AvgIpc) is 2.86. The molecular formula is C11H17N3O2S. The largest absolute Gasteiger partial charge is 0.388 e. The highest BCUT2D eigenvalue weighted by Gasteiger charge is 2.34. The molecule has 0 aliphatic heterocycles. The van der Waals surface area contributed by atoms with E-state index in [9.17, 15) is 9.90 Å². The second-order valence-corrected chi connectivity index (χ2v) is 5.53. The van der Waals surface area contributed by atoms with Gasteiger partial charge in [0, 0.05) is 13.6 Å². The molecule has 0 aromatic carbocycles. The molecule has 0 spiro atoms. The first-order valence-electron chi connectivity index (χ1n) is 5.79. The lowest BCUT2D eigenvalue weighted by Crippen LogP contribution is -2.42. The summed E-state index contributed by atoms with van der Waals surface area (Å²) in [6.07, 6.45) is 3.65. The lowest BCUT2D eigenvalue weighted by Gasteiger charge is -2.28. The van der Waals surface area contributed by atoms with Gasteiger partial charge in [0.1, 0.15) is 4.88 Å². The molecule has 0 unspecified atom stereocenters. The average molecular weight is 255 g/mol. The smallest absolute Gasteiger partial charge is 0.267 e. The van der Waals surface area contributed by atoms with Crippen LogP contribution in [0.15, 0.2) is 0 Å². The van der Waals surface area contributed by atoms with Crippen molar-refractivity contribution < 1.29 is 9.90 Å². The van der Waals surface area contributed by atoms with Crippen LogP contribution < -0.4 is 0 Å². The highest BCUT2D eigenvalue weighted by molar-refractivity contribution is 7.07. The third-order valence-corrected chi connectivity index (χ3v) is 4.07. The van der Waals surface area contributed by atoms with E-state index in [0.717, 1.165) is 37.2 Å². The first kappa shape index (κ1) is 12.4. The predicted octanol–water partition coefficient (Wildman–Crippen LogP) is 1.22. The topological polar surface area (TPSA) is 66.3 Å². The van der Waals surface area contributed by atoms with E-state index < -0.39 is 5.60 Å². The summed E-state index contributed by atoms with van der Waals surface area (Å²) in [5.74, 6) is -0.0992. The van der Waals surface area contributed by atoms with Crippen molar-refractivity contribution in [2.24, 2.45) is 0 Å². The van der Waals surface area contributed by atoms with Crippen LogP contribution in [0.4, 0.5) is 0 Å². The molecule has 1 N–H and O–H groups in total. The normalized spacial score (nSPS) is 18.3. The summed E-state index contributed by atoms with van der Waals surface area (Å²) in [5.41, 5.74) is -0.0403. The number of carbonyl (C=O) groups excluding carboxylic acids is 1. The molecular weight excluding hydrogens is 238 g/mol. The molecule has 1 aromatic rings. The molecule has 1 heterocycles. The van der Waals surface area contributed by atoms with Gasteiger partial charge in [-0.3, -0.25) is 4.79 Å². The molecule has 1 fully saturated rings. The maximum atomic E-state index is 12.1. The number of aromatic nitrogens is 2. The van der Waals surface area contributed by atoms with Gasteiger partial charge < -0.3 is 10.0 Å². The van der Waals surface area contributed by atoms with Gasteiger partial charge in [0.05, 0.1) is 11.3 Å². The van der Waals surface area contributed by atoms with E-state index >= 15 is 0 Å². The molecule has 1 amide bonds. The van der Waals surface area contributed by atoms with Crippen molar-refractivity contribution in [1.29, 1.82) is 0 Å². The molecule has 17 heavy (non-hydrogen) atoms. The lowest BCUT2D eigenvalue weighted by atomic mass is 10.0. The lowest BCUT2D eigenvalue weighted by molar-refractivity contribution is 0.0158. The number of aliphatic hydroxyl groups is 1. The zero-order chi connectivity index (χ0) is 12.5. The fraction of sp³-hybridized carbons (Fsp3) is 0.727. The van der Waals surface area contributed by atoms with E-state index in [1.807, 2.05) is 0 Å². The molecule has 0 radical (unpaired) electrons. The van der Waals surface area contributed by atoms with Crippen molar-refractivity contribution in [3.63, 3.8) is 0 Å². The van der Waals surface area contributed by atoms with Crippen molar-refractivity contribution in [3.05, 3.63) is 10.6 Å². The fourth-order valence-electron chi connectivity index (χ4n) is 2.31. The van der Waals surface area contributed by atoms with Crippen LogP contribution in [0, 0.1) is 6.92 Å². The van der Waals surface area contributed by atoms with Crippen molar-refractivity contribution in [2.45, 2.75) is 38.2 Å². The zero-order valence-electron chi connectivity index (χ0n) is 10.1. The van der Waals surface area contributed by atoms with Gasteiger partial charge >= 0.3 is 0 Å². The van der Waals surface area contributed by atoms with Crippen LogP contribution in [0.3, 0.4) is 0 Å². The van der Waals surface area contributed by atoms with Crippen molar-refractivity contribution >= 4 is 17.4 Å². The number of aryl methyl sites for hydroxylation is 1. The molecule has 0 saturated heterocycles. The molecule has 2 rings (SSSR count). The Morgan fingerprint density at radius 1 is 1.53 bits per heavy atom. The van der Waals surface area contributed by atoms with Crippen LogP contribution in [0.2, 0.25) is 0 Å². The molecule has 1 aromatic heterocycles. The van der Waals surface area contributed by atoms with Gasteiger partial charge in [-0.05, 0) is 31.3 Å². The molecule has 0 atom stereocenters. The second-order valence-electron chi connectivity index (χ2n) is 4.78. The maximum Gasteiger partial charge on any atom is 0.267 e. The second kappa shape index (κ2) is 4.70. The molecule has 1 aliphatic rings. The van der Waals surface area contributed by atoms with Crippen LogP contribution in [0.1, 0.15) is 41.0 Å². The third-order valence-electron chi connectivity index (χ3n) is 3.26. The summed E-state index contributed by atoms with van der Waals surface area (Å²) in [6.45, 7) is 2.16. The van der Waals surface area contributed by atoms with Crippen LogP contribution in [-0.2, 0) is 0 Å². The Hall–Kier alpha value is -1.01. The minimum absolute atomic E-state index is 0.0992. The Bertz CT molecular complexity index is 413. The van der Waals surface area contributed by atoms with Crippen LogP contribution in [-0.4, -0.2) is 44.7 Å². The van der Waals surface area contributed by atoms with E-state index in [1.54, 1.807) is 18.9 Å². The SMILES string of the molecule is Cc1nnsc1C(=O)N(C)CC1(O)CCCC1. The quantitative estimate of drug-likeness (QED) is 0.882. The molecule has 0 bridgehead atoms. The Balaban J connectivity index is 2.03. The van der Waals surface area contributed by atoms with E-state index in [0.29, 0.717) is 17.1 Å². The predicted molar refractivity (Wildman–Crippen MR) is 65.0 cm³/mol. The van der Waals surface area contributed by atoms with Gasteiger partial charge in [-0.1, -0.05) is 17.3 Å².